The summed E-state index contributed by atoms with van der Waals surface area (Å²) in [4.78, 5) is 0. The molecule has 0 radical (unpaired) electrons. The van der Waals surface area contributed by atoms with E-state index in [4.69, 9.17) is 0 Å². The second-order valence-electron chi connectivity index (χ2n) is 5.31. The zero-order chi connectivity index (χ0) is 17.6. The molecule has 0 amide bonds. The van der Waals surface area contributed by atoms with Crippen molar-refractivity contribution in [3.63, 3.8) is 0 Å². The molecule has 0 fully saturated rings. The van der Waals surface area contributed by atoms with Crippen molar-refractivity contribution in [2.24, 2.45) is 0 Å². The highest BCUT2D eigenvalue weighted by Crippen LogP contribution is 2.46. The summed E-state index contributed by atoms with van der Waals surface area (Å²) in [6, 6.07) is 0. The van der Waals surface area contributed by atoms with Crippen LogP contribution < -0.4 is 0 Å². The van der Waals surface area contributed by atoms with E-state index < -0.39 is 67.9 Å². The minimum Gasteiger partial charge on any atom is -0.382 e. The lowest BCUT2D eigenvalue weighted by Crippen LogP contribution is -2.33. The van der Waals surface area contributed by atoms with Crippen LogP contribution in [0.1, 0.15) is 42.3 Å². The number of halogens is 8. The fourth-order valence-electron chi connectivity index (χ4n) is 2.52. The van der Waals surface area contributed by atoms with Gasteiger partial charge in [0.1, 0.15) is 6.10 Å². The minimum absolute atomic E-state index is 0.294. The summed E-state index contributed by atoms with van der Waals surface area (Å²) < 4.78 is 103. The zero-order valence-electron chi connectivity index (χ0n) is 11.5. The maximum atomic E-state index is 13.5. The molecule has 3 nitrogen and oxygen atoms in total. The molecule has 0 unspecified atom stereocenters. The van der Waals surface area contributed by atoms with Gasteiger partial charge in [0.05, 0.1) is 0 Å². The summed E-state index contributed by atoms with van der Waals surface area (Å²) in [5.74, 6) is -3.74. The van der Waals surface area contributed by atoms with Crippen LogP contribution >= 0.6 is 0 Å². The van der Waals surface area contributed by atoms with Crippen LogP contribution in [0.4, 0.5) is 35.1 Å². The van der Waals surface area contributed by atoms with Gasteiger partial charge in [-0.3, -0.25) is 4.68 Å². The maximum Gasteiger partial charge on any atom is 0.435 e. The predicted molar refractivity (Wildman–Crippen MR) is 60.7 cm³/mol. The van der Waals surface area contributed by atoms with Crippen molar-refractivity contribution < 1.29 is 40.2 Å². The molecule has 0 saturated carbocycles. The Labute approximate surface area is 124 Å². The molecule has 11 heteroatoms. The van der Waals surface area contributed by atoms with E-state index in [-0.39, 0.29) is 5.69 Å². The van der Waals surface area contributed by atoms with Crippen molar-refractivity contribution in [1.29, 1.82) is 0 Å². The highest BCUT2D eigenvalue weighted by molar-refractivity contribution is 5.35. The first kappa shape index (κ1) is 18.0. The average Bonchev–Trinajstić information content (AvgIpc) is 2.72. The largest absolute Gasteiger partial charge is 0.435 e. The van der Waals surface area contributed by atoms with E-state index in [0.29, 0.717) is 4.68 Å². The Hall–Kier alpha value is -1.39. The number of nitrogens with zero attached hydrogens (tertiary/aromatic N) is 2. The van der Waals surface area contributed by atoms with E-state index in [2.05, 4.69) is 5.10 Å². The first-order chi connectivity index (χ1) is 10.3. The molecule has 1 N–H and O–H groups in total. The fourth-order valence-corrected chi connectivity index (χ4v) is 2.52. The molecule has 1 heterocycles. The van der Waals surface area contributed by atoms with Crippen LogP contribution in [0, 0.1) is 0 Å². The quantitative estimate of drug-likeness (QED) is 0.839. The lowest BCUT2D eigenvalue weighted by molar-refractivity contribution is -0.150. The molecule has 0 aromatic carbocycles. The monoisotopic (exact) mass is 352 g/mol. The highest BCUT2D eigenvalue weighted by Gasteiger charge is 2.51. The lowest BCUT2D eigenvalue weighted by Gasteiger charge is -2.28. The van der Waals surface area contributed by atoms with Crippen molar-refractivity contribution in [1.82, 2.24) is 9.78 Å². The molecule has 132 valence electrons. The number of hydrogen-bond donors (Lipinski definition) is 1. The molecule has 0 bridgehead atoms. The third kappa shape index (κ3) is 3.75. The highest BCUT2D eigenvalue weighted by atomic mass is 19.4. The van der Waals surface area contributed by atoms with Crippen molar-refractivity contribution in [2.75, 3.05) is 0 Å². The van der Waals surface area contributed by atoms with Gasteiger partial charge in [-0.15, -0.1) is 0 Å². The van der Waals surface area contributed by atoms with Crippen molar-refractivity contribution in [2.45, 2.75) is 56.6 Å². The number of fused-ring (bicyclic) bond motifs is 1. The van der Waals surface area contributed by atoms with Crippen molar-refractivity contribution in [3.05, 3.63) is 17.0 Å². The average molecular weight is 352 g/mol. The summed E-state index contributed by atoms with van der Waals surface area (Å²) >= 11 is 0. The van der Waals surface area contributed by atoms with Gasteiger partial charge in [-0.2, -0.15) is 31.4 Å². The van der Waals surface area contributed by atoms with Gasteiger partial charge in [0, 0.05) is 30.6 Å². The van der Waals surface area contributed by atoms with Gasteiger partial charge >= 0.3 is 12.4 Å². The van der Waals surface area contributed by atoms with Gasteiger partial charge in [0.2, 0.25) is 0 Å². The van der Waals surface area contributed by atoms with E-state index in [1.54, 1.807) is 0 Å². The minimum atomic E-state index is -5.09. The van der Waals surface area contributed by atoms with Crippen LogP contribution in [-0.4, -0.2) is 27.0 Å². The number of aliphatic hydroxyl groups is 1. The molecule has 1 atom stereocenters. The SMILES string of the molecule is O[C@@H]1c2c(C(F)(F)F)nn(CCCC(F)(F)F)c2CCC1(F)F. The van der Waals surface area contributed by atoms with E-state index in [9.17, 15) is 40.2 Å². The lowest BCUT2D eigenvalue weighted by atomic mass is 9.89. The van der Waals surface area contributed by atoms with Crippen LogP contribution in [0.3, 0.4) is 0 Å². The number of aliphatic hydroxyl groups excluding tert-OH is 1. The fraction of sp³-hybridized carbons (Fsp3) is 0.750. The van der Waals surface area contributed by atoms with E-state index in [1.807, 2.05) is 0 Å². The molecule has 1 aromatic heterocycles. The topological polar surface area (TPSA) is 38.1 Å². The zero-order valence-corrected chi connectivity index (χ0v) is 11.5. The summed E-state index contributed by atoms with van der Waals surface area (Å²) in [7, 11) is 0. The van der Waals surface area contributed by atoms with Crippen molar-refractivity contribution in [3.8, 4) is 0 Å². The van der Waals surface area contributed by atoms with Crippen LogP contribution in [0.2, 0.25) is 0 Å². The molecule has 1 aliphatic carbocycles. The third-order valence-corrected chi connectivity index (χ3v) is 3.57. The number of rotatable bonds is 3. The van der Waals surface area contributed by atoms with Gasteiger partial charge < -0.3 is 5.11 Å². The number of hydrogen-bond acceptors (Lipinski definition) is 2. The van der Waals surface area contributed by atoms with Crippen LogP contribution in [0.25, 0.3) is 0 Å². The number of aromatic nitrogens is 2. The van der Waals surface area contributed by atoms with Crippen molar-refractivity contribution >= 4 is 0 Å². The number of alkyl halides is 8. The Kier molecular flexibility index (Phi) is 4.37. The van der Waals surface area contributed by atoms with E-state index in [1.165, 1.54) is 0 Å². The van der Waals surface area contributed by atoms with Crippen LogP contribution in [-0.2, 0) is 19.1 Å². The standard InChI is InChI=1S/C12H12F8N2O/c13-10(14)4-2-6-7(9(10)23)8(12(18,19)20)21-22(6)5-1-3-11(15,16)17/h9,23H,1-5H2/t9-/m1/s1. The molecule has 2 rings (SSSR count). The first-order valence-electron chi connectivity index (χ1n) is 6.62. The summed E-state index contributed by atoms with van der Waals surface area (Å²) in [6.45, 7) is -0.504. The molecular weight excluding hydrogens is 340 g/mol. The molecule has 1 aromatic rings. The second-order valence-corrected chi connectivity index (χ2v) is 5.31. The summed E-state index contributed by atoms with van der Waals surface area (Å²) in [5, 5.41) is 12.6. The Morgan fingerprint density at radius 3 is 2.30 bits per heavy atom. The molecule has 1 aliphatic rings. The van der Waals surface area contributed by atoms with Gasteiger partial charge in [-0.25, -0.2) is 8.78 Å². The Balaban J connectivity index is 2.36. The normalized spacial score (nSPS) is 21.3. The van der Waals surface area contributed by atoms with Gasteiger partial charge in [-0.05, 0) is 12.8 Å². The Bertz CT molecular complexity index is 575. The third-order valence-electron chi connectivity index (χ3n) is 3.57. The molecule has 0 aliphatic heterocycles. The van der Waals surface area contributed by atoms with E-state index in [0.717, 1.165) is 0 Å². The van der Waals surface area contributed by atoms with E-state index >= 15 is 0 Å². The van der Waals surface area contributed by atoms with Crippen LogP contribution in [0.15, 0.2) is 0 Å². The predicted octanol–water partition coefficient (Wildman–Crippen LogP) is 3.86. The second kappa shape index (κ2) is 5.60. The molecule has 0 saturated heterocycles. The van der Waals surface area contributed by atoms with Gasteiger partial charge in [-0.1, -0.05) is 0 Å². The van der Waals surface area contributed by atoms with Crippen LogP contribution in [0.5, 0.6) is 0 Å². The van der Waals surface area contributed by atoms with Gasteiger partial charge in [0.15, 0.2) is 5.69 Å². The summed E-state index contributed by atoms with van der Waals surface area (Å²) in [5.41, 5.74) is -3.01. The number of aryl methyl sites for hydroxylation is 1. The molecule has 23 heavy (non-hydrogen) atoms. The molecule has 0 spiro atoms. The maximum absolute atomic E-state index is 13.5. The smallest absolute Gasteiger partial charge is 0.382 e. The molecular formula is C12H12F8N2O. The van der Waals surface area contributed by atoms with Gasteiger partial charge in [0.25, 0.3) is 5.92 Å². The Morgan fingerprint density at radius 2 is 1.78 bits per heavy atom. The summed E-state index contributed by atoms with van der Waals surface area (Å²) in [6.07, 6.45) is -15.4. The Morgan fingerprint density at radius 1 is 1.17 bits per heavy atom. The first-order valence-corrected chi connectivity index (χ1v) is 6.62.